The van der Waals surface area contributed by atoms with Crippen LogP contribution < -0.4 is 0 Å². The number of amides is 1. The molecule has 2 bridgehead atoms. The van der Waals surface area contributed by atoms with E-state index in [9.17, 15) is 14.9 Å². The molecule has 0 aromatic rings. The largest absolute Gasteiger partial charge is 0.444 e. The molecule has 0 aromatic heterocycles. The SMILES string of the molecule is CC(C)(C)OC(=O)N1CCC2CC1C2[N+](=O)[O-]. The van der Waals surface area contributed by atoms with Gasteiger partial charge in [0.15, 0.2) is 0 Å². The quantitative estimate of drug-likeness (QED) is 0.517. The minimum Gasteiger partial charge on any atom is -0.444 e. The Morgan fingerprint density at radius 3 is 2.59 bits per heavy atom. The van der Waals surface area contributed by atoms with E-state index in [4.69, 9.17) is 4.74 Å². The molecule has 3 rings (SSSR count). The van der Waals surface area contributed by atoms with Crippen molar-refractivity contribution < 1.29 is 14.5 Å². The molecule has 6 heteroatoms. The highest BCUT2D eigenvalue weighted by Gasteiger charge is 2.57. The maximum Gasteiger partial charge on any atom is 0.410 e. The zero-order valence-corrected chi connectivity index (χ0v) is 10.4. The van der Waals surface area contributed by atoms with Gasteiger partial charge in [-0.3, -0.25) is 15.0 Å². The van der Waals surface area contributed by atoms with Crippen molar-refractivity contribution in [3.63, 3.8) is 0 Å². The van der Waals surface area contributed by atoms with Gasteiger partial charge in [0, 0.05) is 17.4 Å². The second-order valence-corrected chi connectivity index (χ2v) is 5.80. The van der Waals surface area contributed by atoms with E-state index in [1.54, 1.807) is 20.8 Å². The highest BCUT2D eigenvalue weighted by molar-refractivity contribution is 5.69. The van der Waals surface area contributed by atoms with Crippen LogP contribution in [0.3, 0.4) is 0 Å². The molecule has 6 nitrogen and oxygen atoms in total. The van der Waals surface area contributed by atoms with Crippen LogP contribution in [-0.4, -0.2) is 40.1 Å². The van der Waals surface area contributed by atoms with Crippen molar-refractivity contribution in [1.29, 1.82) is 0 Å². The summed E-state index contributed by atoms with van der Waals surface area (Å²) in [4.78, 5) is 24.0. The van der Waals surface area contributed by atoms with Gasteiger partial charge in [-0.15, -0.1) is 0 Å². The number of nitro groups is 1. The van der Waals surface area contributed by atoms with Crippen LogP contribution in [-0.2, 0) is 4.74 Å². The van der Waals surface area contributed by atoms with Crippen molar-refractivity contribution in [3.8, 4) is 0 Å². The van der Waals surface area contributed by atoms with Crippen molar-refractivity contribution in [2.24, 2.45) is 5.92 Å². The summed E-state index contributed by atoms with van der Waals surface area (Å²) in [5, 5.41) is 10.9. The van der Waals surface area contributed by atoms with E-state index in [2.05, 4.69) is 0 Å². The number of carbonyl (C=O) groups is 1. The Hall–Kier alpha value is -1.33. The van der Waals surface area contributed by atoms with Crippen LogP contribution in [0.25, 0.3) is 0 Å². The van der Waals surface area contributed by atoms with Crippen LogP contribution in [0.1, 0.15) is 33.6 Å². The summed E-state index contributed by atoms with van der Waals surface area (Å²) in [6.07, 6.45) is 1.03. The molecule has 3 unspecified atom stereocenters. The molecule has 1 saturated carbocycles. The van der Waals surface area contributed by atoms with Crippen molar-refractivity contribution in [2.45, 2.75) is 51.3 Å². The molecule has 1 amide bonds. The number of hydrogen-bond acceptors (Lipinski definition) is 4. The first-order chi connectivity index (χ1) is 7.79. The highest BCUT2D eigenvalue weighted by atomic mass is 16.6. The molecule has 3 atom stereocenters. The molecular weight excluding hydrogens is 224 g/mol. The van der Waals surface area contributed by atoms with Crippen molar-refractivity contribution in [2.75, 3.05) is 6.54 Å². The molecular formula is C11H18N2O4. The molecule has 3 fully saturated rings. The van der Waals surface area contributed by atoms with Gasteiger partial charge in [0.25, 0.3) is 0 Å². The lowest BCUT2D eigenvalue weighted by atomic mass is 9.69. The number of hydrogen-bond donors (Lipinski definition) is 0. The fourth-order valence-corrected chi connectivity index (χ4v) is 2.64. The predicted molar refractivity (Wildman–Crippen MR) is 60.2 cm³/mol. The molecule has 1 aliphatic carbocycles. The molecule has 2 saturated heterocycles. The summed E-state index contributed by atoms with van der Waals surface area (Å²) in [7, 11) is 0. The molecule has 0 radical (unpaired) electrons. The molecule has 0 N–H and O–H groups in total. The number of rotatable bonds is 1. The standard InChI is InChI=1S/C11H18N2O4/c1-11(2,3)17-10(14)12-5-4-7-6-8(12)9(7)13(15)16/h7-9H,4-6H2,1-3H3. The summed E-state index contributed by atoms with van der Waals surface area (Å²) in [5.74, 6) is 0.147. The summed E-state index contributed by atoms with van der Waals surface area (Å²) < 4.78 is 5.26. The Kier molecular flexibility index (Phi) is 2.75. The number of piperidine rings is 2. The van der Waals surface area contributed by atoms with Crippen molar-refractivity contribution in [1.82, 2.24) is 4.90 Å². The second kappa shape index (κ2) is 3.85. The minimum absolute atomic E-state index is 0.147. The molecule has 17 heavy (non-hydrogen) atoms. The third kappa shape index (κ3) is 2.21. The average molecular weight is 242 g/mol. The van der Waals surface area contributed by atoms with Gasteiger partial charge in [-0.25, -0.2) is 4.79 Å². The van der Waals surface area contributed by atoms with Crippen LogP contribution in [0.4, 0.5) is 4.79 Å². The average Bonchev–Trinajstić information content (AvgIpc) is 2.13. The third-order valence-electron chi connectivity index (χ3n) is 3.43. The van der Waals surface area contributed by atoms with Gasteiger partial charge in [0.05, 0.1) is 0 Å². The summed E-state index contributed by atoms with van der Waals surface area (Å²) in [6.45, 7) is 5.96. The lowest BCUT2D eigenvalue weighted by molar-refractivity contribution is -0.560. The maximum atomic E-state index is 11.9. The summed E-state index contributed by atoms with van der Waals surface area (Å²) in [6, 6.07) is -0.852. The van der Waals surface area contributed by atoms with Gasteiger partial charge in [-0.05, 0) is 33.6 Å². The Balaban J connectivity index is 2.02. The van der Waals surface area contributed by atoms with E-state index in [1.165, 1.54) is 4.90 Å². The number of fused-ring (bicyclic) bond motifs is 2. The molecule has 0 spiro atoms. The lowest BCUT2D eigenvalue weighted by Crippen LogP contribution is -2.66. The molecule has 2 aliphatic heterocycles. The lowest BCUT2D eigenvalue weighted by Gasteiger charge is -2.49. The normalized spacial score (nSPS) is 31.7. The van der Waals surface area contributed by atoms with E-state index in [0.29, 0.717) is 13.0 Å². The topological polar surface area (TPSA) is 72.7 Å². The smallest absolute Gasteiger partial charge is 0.410 e. The van der Waals surface area contributed by atoms with Gasteiger partial charge < -0.3 is 4.74 Å². The Labute approximate surface area is 100 Å². The summed E-state index contributed by atoms with van der Waals surface area (Å²) in [5.41, 5.74) is -0.554. The molecule has 96 valence electrons. The fraction of sp³-hybridized carbons (Fsp3) is 0.909. The molecule has 0 aromatic carbocycles. The van der Waals surface area contributed by atoms with E-state index >= 15 is 0 Å². The van der Waals surface area contributed by atoms with Crippen LogP contribution in [0, 0.1) is 16.0 Å². The number of ether oxygens (including phenoxy) is 1. The number of carbonyl (C=O) groups excluding carboxylic acids is 1. The van der Waals surface area contributed by atoms with Crippen molar-refractivity contribution in [3.05, 3.63) is 10.1 Å². The zero-order valence-electron chi connectivity index (χ0n) is 10.4. The predicted octanol–water partition coefficient (Wildman–Crippen LogP) is 1.66. The monoisotopic (exact) mass is 242 g/mol. The van der Waals surface area contributed by atoms with Crippen LogP contribution in [0.2, 0.25) is 0 Å². The van der Waals surface area contributed by atoms with Crippen molar-refractivity contribution >= 4 is 6.09 Å². The maximum absolute atomic E-state index is 11.9. The Bertz CT molecular complexity index is 348. The van der Waals surface area contributed by atoms with E-state index in [-0.39, 0.29) is 16.9 Å². The van der Waals surface area contributed by atoms with E-state index in [1.807, 2.05) is 0 Å². The van der Waals surface area contributed by atoms with Gasteiger partial charge >= 0.3 is 6.09 Å². The zero-order chi connectivity index (χ0) is 12.8. The minimum atomic E-state index is -0.587. The summed E-state index contributed by atoms with van der Waals surface area (Å²) >= 11 is 0. The first-order valence-corrected chi connectivity index (χ1v) is 5.93. The first kappa shape index (κ1) is 12.1. The second-order valence-electron chi connectivity index (χ2n) is 5.80. The van der Waals surface area contributed by atoms with Crippen LogP contribution in [0.5, 0.6) is 0 Å². The van der Waals surface area contributed by atoms with Gasteiger partial charge in [0.2, 0.25) is 6.04 Å². The first-order valence-electron chi connectivity index (χ1n) is 5.93. The van der Waals surface area contributed by atoms with E-state index < -0.39 is 17.7 Å². The van der Waals surface area contributed by atoms with Gasteiger partial charge in [0.1, 0.15) is 11.6 Å². The van der Waals surface area contributed by atoms with E-state index in [0.717, 1.165) is 6.42 Å². The Morgan fingerprint density at radius 2 is 2.12 bits per heavy atom. The molecule has 3 aliphatic rings. The third-order valence-corrected chi connectivity index (χ3v) is 3.43. The number of nitrogens with zero attached hydrogens (tertiary/aromatic N) is 2. The highest BCUT2D eigenvalue weighted by Crippen LogP contribution is 2.41. The fourth-order valence-electron chi connectivity index (χ4n) is 2.64. The van der Waals surface area contributed by atoms with Gasteiger partial charge in [-0.1, -0.05) is 0 Å². The van der Waals surface area contributed by atoms with Gasteiger partial charge in [-0.2, -0.15) is 0 Å². The van der Waals surface area contributed by atoms with Crippen LogP contribution in [0.15, 0.2) is 0 Å². The van der Waals surface area contributed by atoms with Crippen LogP contribution >= 0.6 is 0 Å². The molecule has 2 heterocycles. The Morgan fingerprint density at radius 1 is 1.47 bits per heavy atom.